The number of hydrogen-bond acceptors (Lipinski definition) is 3. The van der Waals surface area contributed by atoms with Crippen molar-refractivity contribution < 1.29 is 4.79 Å². The second-order valence-corrected chi connectivity index (χ2v) is 7.17. The number of rotatable bonds is 5. The summed E-state index contributed by atoms with van der Waals surface area (Å²) < 4.78 is 1.83. The molecule has 0 bridgehead atoms. The molecule has 5 nitrogen and oxygen atoms in total. The van der Waals surface area contributed by atoms with Gasteiger partial charge < -0.3 is 5.32 Å². The van der Waals surface area contributed by atoms with Crippen molar-refractivity contribution in [2.75, 3.05) is 13.1 Å². The van der Waals surface area contributed by atoms with Crippen molar-refractivity contribution in [2.24, 2.45) is 0 Å². The first-order chi connectivity index (χ1) is 13.1. The van der Waals surface area contributed by atoms with Gasteiger partial charge in [0.1, 0.15) is 11.9 Å². The lowest BCUT2D eigenvalue weighted by Crippen LogP contribution is -2.46. The number of carbonyl (C=O) groups excluding carboxylic acids is 1. The molecule has 1 aromatic heterocycles. The van der Waals surface area contributed by atoms with Crippen LogP contribution in [-0.2, 0) is 0 Å². The van der Waals surface area contributed by atoms with Gasteiger partial charge >= 0.3 is 0 Å². The largest absolute Gasteiger partial charge is 0.347 e. The number of nitrogens with zero attached hydrogens (tertiary/aromatic N) is 2. The second-order valence-electron chi connectivity index (χ2n) is 7.17. The fraction of sp³-hybridized carbons (Fsp3) is 0.273. The van der Waals surface area contributed by atoms with Crippen LogP contribution in [0.25, 0.3) is 11.3 Å². The topological polar surface area (TPSA) is 59.0 Å². The minimum absolute atomic E-state index is 0.0527. The summed E-state index contributed by atoms with van der Waals surface area (Å²) in [6.45, 7) is 5.60. The van der Waals surface area contributed by atoms with Crippen molar-refractivity contribution in [3.05, 3.63) is 77.5 Å². The molecule has 4 rings (SSSR count). The molecule has 0 aliphatic carbocycles. The van der Waals surface area contributed by atoms with Crippen molar-refractivity contribution in [3.63, 3.8) is 0 Å². The van der Waals surface area contributed by atoms with Gasteiger partial charge in [-0.15, -0.1) is 0 Å². The van der Waals surface area contributed by atoms with E-state index in [4.69, 9.17) is 5.10 Å². The van der Waals surface area contributed by atoms with Gasteiger partial charge in [0.25, 0.3) is 5.91 Å². The van der Waals surface area contributed by atoms with E-state index >= 15 is 0 Å². The molecule has 3 aromatic rings. The number of carbonyl (C=O) groups is 1. The molecule has 2 N–H and O–H groups in total. The molecular formula is C22H24N4O. The van der Waals surface area contributed by atoms with Gasteiger partial charge in [-0.2, -0.15) is 5.10 Å². The lowest BCUT2D eigenvalue weighted by molar-refractivity contribution is 0.0900. The molecule has 0 saturated carbocycles. The Labute approximate surface area is 159 Å². The third-order valence-corrected chi connectivity index (χ3v) is 5.10. The van der Waals surface area contributed by atoms with Crippen molar-refractivity contribution in [3.8, 4) is 11.3 Å². The summed E-state index contributed by atoms with van der Waals surface area (Å²) in [5.41, 5.74) is 4.94. The molecule has 0 unspecified atom stereocenters. The van der Waals surface area contributed by atoms with E-state index in [1.54, 1.807) is 0 Å². The van der Waals surface area contributed by atoms with E-state index in [9.17, 15) is 4.79 Å². The Morgan fingerprint density at radius 3 is 2.67 bits per heavy atom. The van der Waals surface area contributed by atoms with E-state index in [0.29, 0.717) is 18.2 Å². The average molecular weight is 360 g/mol. The van der Waals surface area contributed by atoms with Gasteiger partial charge in [0, 0.05) is 12.1 Å². The SMILES string of the molecule is Cc1ccc(-c2cc3n(n2)[C@H](NC[C@H](C)c2ccccc2)CNC3=O)cc1. The molecule has 2 atom stereocenters. The molecule has 1 aliphatic heterocycles. The predicted molar refractivity (Wildman–Crippen MR) is 107 cm³/mol. The molecule has 27 heavy (non-hydrogen) atoms. The molecule has 1 aliphatic rings. The smallest absolute Gasteiger partial charge is 0.269 e. The van der Waals surface area contributed by atoms with Crippen LogP contribution < -0.4 is 10.6 Å². The highest BCUT2D eigenvalue weighted by atomic mass is 16.2. The average Bonchev–Trinajstić information content (AvgIpc) is 3.15. The molecule has 1 amide bonds. The fourth-order valence-corrected chi connectivity index (χ4v) is 3.40. The zero-order valence-electron chi connectivity index (χ0n) is 15.6. The minimum atomic E-state index is -0.0741. The maximum Gasteiger partial charge on any atom is 0.269 e. The van der Waals surface area contributed by atoms with Crippen molar-refractivity contribution in [1.29, 1.82) is 0 Å². The highest BCUT2D eigenvalue weighted by Crippen LogP contribution is 2.23. The number of hydrogen-bond donors (Lipinski definition) is 2. The van der Waals surface area contributed by atoms with Gasteiger partial charge in [0.15, 0.2) is 0 Å². The molecule has 138 valence electrons. The summed E-state index contributed by atoms with van der Waals surface area (Å²) in [6, 6.07) is 20.5. The second kappa shape index (κ2) is 7.37. The lowest BCUT2D eigenvalue weighted by Gasteiger charge is -2.27. The van der Waals surface area contributed by atoms with Crippen LogP contribution in [0.5, 0.6) is 0 Å². The molecule has 0 saturated heterocycles. The summed E-state index contributed by atoms with van der Waals surface area (Å²) in [5, 5.41) is 11.2. The lowest BCUT2D eigenvalue weighted by atomic mass is 10.0. The molecule has 2 aromatic carbocycles. The zero-order valence-corrected chi connectivity index (χ0v) is 15.6. The van der Waals surface area contributed by atoms with Crippen LogP contribution in [-0.4, -0.2) is 28.8 Å². The van der Waals surface area contributed by atoms with Crippen molar-refractivity contribution in [1.82, 2.24) is 20.4 Å². The van der Waals surface area contributed by atoms with Crippen LogP contribution in [0.3, 0.4) is 0 Å². The standard InChI is InChI=1S/C22H24N4O/c1-15-8-10-18(11-9-15)19-12-20-22(27)24-14-21(26(20)25-19)23-13-16(2)17-6-4-3-5-7-17/h3-12,16,21,23H,13-14H2,1-2H3,(H,24,27)/t16-,21-/m0/s1. The Kier molecular flexibility index (Phi) is 4.77. The Morgan fingerprint density at radius 2 is 1.93 bits per heavy atom. The summed E-state index contributed by atoms with van der Waals surface area (Å²) >= 11 is 0. The van der Waals surface area contributed by atoms with Crippen LogP contribution in [0.2, 0.25) is 0 Å². The molecule has 2 heterocycles. The van der Waals surface area contributed by atoms with E-state index < -0.39 is 0 Å². The Balaban J connectivity index is 1.54. The van der Waals surface area contributed by atoms with Gasteiger partial charge in [0.2, 0.25) is 0 Å². The normalized spacial score (nSPS) is 17.3. The number of amides is 1. The van der Waals surface area contributed by atoms with Crippen LogP contribution in [0.15, 0.2) is 60.7 Å². The van der Waals surface area contributed by atoms with Gasteiger partial charge in [-0.05, 0) is 24.5 Å². The molecular weight excluding hydrogens is 336 g/mol. The Morgan fingerprint density at radius 1 is 1.19 bits per heavy atom. The maximum atomic E-state index is 12.3. The quantitative estimate of drug-likeness (QED) is 0.732. The third kappa shape index (κ3) is 3.64. The van der Waals surface area contributed by atoms with Gasteiger partial charge in [-0.25, -0.2) is 4.68 Å². The van der Waals surface area contributed by atoms with Crippen LogP contribution in [0, 0.1) is 6.92 Å². The van der Waals surface area contributed by atoms with E-state index in [1.165, 1.54) is 11.1 Å². The van der Waals surface area contributed by atoms with E-state index in [-0.39, 0.29) is 12.1 Å². The summed E-state index contributed by atoms with van der Waals surface area (Å²) in [6.07, 6.45) is -0.0527. The minimum Gasteiger partial charge on any atom is -0.347 e. The summed E-state index contributed by atoms with van der Waals surface area (Å²) in [7, 11) is 0. The van der Waals surface area contributed by atoms with Gasteiger partial charge in [0.05, 0.1) is 12.2 Å². The van der Waals surface area contributed by atoms with E-state index in [0.717, 1.165) is 17.8 Å². The summed E-state index contributed by atoms with van der Waals surface area (Å²) in [4.78, 5) is 12.3. The van der Waals surface area contributed by atoms with Crippen molar-refractivity contribution >= 4 is 5.91 Å². The van der Waals surface area contributed by atoms with Crippen LogP contribution in [0.1, 0.15) is 40.6 Å². The zero-order chi connectivity index (χ0) is 18.8. The van der Waals surface area contributed by atoms with Crippen molar-refractivity contribution in [2.45, 2.75) is 25.9 Å². The van der Waals surface area contributed by atoms with Gasteiger partial charge in [-0.1, -0.05) is 67.1 Å². The third-order valence-electron chi connectivity index (χ3n) is 5.10. The maximum absolute atomic E-state index is 12.3. The fourth-order valence-electron chi connectivity index (χ4n) is 3.40. The number of aryl methyl sites for hydroxylation is 1. The first-order valence-corrected chi connectivity index (χ1v) is 9.35. The Hall–Kier alpha value is -2.92. The molecule has 0 spiro atoms. The Bertz CT molecular complexity index is 931. The molecule has 5 heteroatoms. The monoisotopic (exact) mass is 360 g/mol. The summed E-state index contributed by atoms with van der Waals surface area (Å²) in [5.74, 6) is 0.300. The number of benzene rings is 2. The van der Waals surface area contributed by atoms with E-state index in [1.807, 2.05) is 28.9 Å². The number of fused-ring (bicyclic) bond motifs is 1. The number of aromatic nitrogens is 2. The molecule has 0 radical (unpaired) electrons. The van der Waals surface area contributed by atoms with E-state index in [2.05, 4.69) is 60.9 Å². The predicted octanol–water partition coefficient (Wildman–Crippen LogP) is 3.49. The highest BCUT2D eigenvalue weighted by Gasteiger charge is 2.27. The first-order valence-electron chi connectivity index (χ1n) is 9.35. The van der Waals surface area contributed by atoms with Crippen LogP contribution >= 0.6 is 0 Å². The first kappa shape index (κ1) is 17.5. The highest BCUT2D eigenvalue weighted by molar-refractivity contribution is 5.94. The molecule has 0 fully saturated rings. The van der Waals surface area contributed by atoms with Crippen LogP contribution in [0.4, 0.5) is 0 Å². The number of nitrogens with one attached hydrogen (secondary N) is 2. The van der Waals surface area contributed by atoms with Gasteiger partial charge in [-0.3, -0.25) is 10.1 Å².